The summed E-state index contributed by atoms with van der Waals surface area (Å²) in [5.74, 6) is -0.360. The highest BCUT2D eigenvalue weighted by Gasteiger charge is 2.14. The molecule has 1 aromatic heterocycles. The lowest BCUT2D eigenvalue weighted by Gasteiger charge is -2.14. The summed E-state index contributed by atoms with van der Waals surface area (Å²) in [5, 5.41) is 7.01. The van der Waals surface area contributed by atoms with Crippen molar-refractivity contribution in [2.24, 2.45) is 0 Å². The first kappa shape index (κ1) is 17.9. The van der Waals surface area contributed by atoms with Crippen LogP contribution >= 0.6 is 0 Å². The predicted molar refractivity (Wildman–Crippen MR) is 98.0 cm³/mol. The van der Waals surface area contributed by atoms with Gasteiger partial charge in [0.1, 0.15) is 17.8 Å². The average molecular weight is 352 g/mol. The Hall–Kier alpha value is -2.95. The molecule has 5 heteroatoms. The van der Waals surface area contributed by atoms with Crippen molar-refractivity contribution in [1.29, 1.82) is 0 Å². The minimum Gasteiger partial charge on any atom is -0.364 e. The topological polar surface area (TPSA) is 55.1 Å². The molecule has 3 aromatic rings. The van der Waals surface area contributed by atoms with E-state index in [4.69, 9.17) is 4.52 Å². The van der Waals surface area contributed by atoms with Gasteiger partial charge in [0.25, 0.3) is 0 Å². The number of aromatic nitrogens is 1. The lowest BCUT2D eigenvalue weighted by Crippen LogP contribution is -2.26. The van der Waals surface area contributed by atoms with Gasteiger partial charge in [-0.2, -0.15) is 0 Å². The molecule has 2 aromatic carbocycles. The molecule has 0 saturated heterocycles. The SMILES string of the molecule is Cc1cccc(-c2nocc2CCC(=O)N[C@H](C)c2ccc(F)cc2)c1. The zero-order chi connectivity index (χ0) is 18.5. The number of carbonyl (C=O) groups excluding carboxylic acids is 1. The third-order valence-corrected chi connectivity index (χ3v) is 4.30. The molecule has 0 aliphatic heterocycles. The molecule has 1 heterocycles. The third-order valence-electron chi connectivity index (χ3n) is 4.30. The van der Waals surface area contributed by atoms with Crippen LogP contribution in [-0.2, 0) is 11.2 Å². The quantitative estimate of drug-likeness (QED) is 0.705. The van der Waals surface area contributed by atoms with Crippen molar-refractivity contribution in [3.05, 3.63) is 77.3 Å². The Morgan fingerprint density at radius 3 is 2.73 bits per heavy atom. The van der Waals surface area contributed by atoms with Crippen LogP contribution in [0.1, 0.15) is 36.1 Å². The summed E-state index contributed by atoms with van der Waals surface area (Å²) in [6.07, 6.45) is 2.45. The number of benzene rings is 2. The van der Waals surface area contributed by atoms with Gasteiger partial charge in [0.15, 0.2) is 0 Å². The molecule has 0 unspecified atom stereocenters. The Kier molecular flexibility index (Phi) is 5.46. The number of halogens is 1. The molecule has 0 radical (unpaired) electrons. The lowest BCUT2D eigenvalue weighted by molar-refractivity contribution is -0.121. The molecule has 134 valence electrons. The van der Waals surface area contributed by atoms with E-state index in [9.17, 15) is 9.18 Å². The van der Waals surface area contributed by atoms with Gasteiger partial charge in [-0.25, -0.2) is 4.39 Å². The molecule has 0 saturated carbocycles. The molecule has 0 bridgehead atoms. The standard InChI is InChI=1S/C21H21FN2O2/c1-14-4-3-5-17(12-14)21-18(13-26-24-21)8-11-20(25)23-15(2)16-6-9-19(22)10-7-16/h3-7,9-10,12-13,15H,8,11H2,1-2H3,(H,23,25)/t15-/m1/s1. The summed E-state index contributed by atoms with van der Waals surface area (Å²) in [7, 11) is 0. The van der Waals surface area contributed by atoms with Gasteiger partial charge in [0, 0.05) is 17.5 Å². The number of carbonyl (C=O) groups is 1. The molecule has 1 amide bonds. The van der Waals surface area contributed by atoms with Gasteiger partial charge in [-0.3, -0.25) is 4.79 Å². The van der Waals surface area contributed by atoms with Gasteiger partial charge >= 0.3 is 0 Å². The molecule has 4 nitrogen and oxygen atoms in total. The van der Waals surface area contributed by atoms with Crippen LogP contribution < -0.4 is 5.32 Å². The van der Waals surface area contributed by atoms with Gasteiger partial charge in [-0.1, -0.05) is 41.1 Å². The van der Waals surface area contributed by atoms with Gasteiger partial charge in [0.2, 0.25) is 5.91 Å². The Labute approximate surface area is 152 Å². The first-order chi connectivity index (χ1) is 12.5. The van der Waals surface area contributed by atoms with Crippen molar-refractivity contribution in [3.8, 4) is 11.3 Å². The third kappa shape index (κ3) is 4.36. The van der Waals surface area contributed by atoms with Crippen LogP contribution in [-0.4, -0.2) is 11.1 Å². The van der Waals surface area contributed by atoms with Gasteiger partial charge in [-0.15, -0.1) is 0 Å². The number of nitrogens with zero attached hydrogens (tertiary/aromatic N) is 1. The molecule has 1 N–H and O–H groups in total. The van der Waals surface area contributed by atoms with Crippen LogP contribution in [0.25, 0.3) is 11.3 Å². The summed E-state index contributed by atoms with van der Waals surface area (Å²) in [6.45, 7) is 3.90. The minimum absolute atomic E-state index is 0.0711. The molecule has 0 aliphatic carbocycles. The number of aryl methyl sites for hydroxylation is 2. The van der Waals surface area contributed by atoms with Crippen molar-refractivity contribution in [2.75, 3.05) is 0 Å². The first-order valence-corrected chi connectivity index (χ1v) is 8.58. The summed E-state index contributed by atoms with van der Waals surface area (Å²) >= 11 is 0. The minimum atomic E-state index is -0.289. The Morgan fingerprint density at radius 1 is 1.23 bits per heavy atom. The van der Waals surface area contributed by atoms with Crippen molar-refractivity contribution < 1.29 is 13.7 Å². The van der Waals surface area contributed by atoms with E-state index in [0.717, 1.165) is 27.9 Å². The fraction of sp³-hybridized carbons (Fsp3) is 0.238. The Morgan fingerprint density at radius 2 is 2.00 bits per heavy atom. The maximum Gasteiger partial charge on any atom is 0.220 e. The van der Waals surface area contributed by atoms with Crippen molar-refractivity contribution in [3.63, 3.8) is 0 Å². The molecule has 26 heavy (non-hydrogen) atoms. The van der Waals surface area contributed by atoms with Crippen molar-refractivity contribution in [2.45, 2.75) is 32.7 Å². The highest BCUT2D eigenvalue weighted by molar-refractivity contribution is 5.77. The summed E-state index contributed by atoms with van der Waals surface area (Å²) in [6, 6.07) is 14.0. The zero-order valence-corrected chi connectivity index (χ0v) is 14.8. The number of nitrogens with one attached hydrogen (secondary N) is 1. The highest BCUT2D eigenvalue weighted by Crippen LogP contribution is 2.24. The van der Waals surface area contributed by atoms with Crippen LogP contribution in [0.5, 0.6) is 0 Å². The van der Waals surface area contributed by atoms with Crippen LogP contribution in [0.2, 0.25) is 0 Å². The van der Waals surface area contributed by atoms with Crippen LogP contribution in [0.4, 0.5) is 4.39 Å². The zero-order valence-electron chi connectivity index (χ0n) is 14.8. The van der Waals surface area contributed by atoms with Crippen LogP contribution in [0.15, 0.2) is 59.3 Å². The van der Waals surface area contributed by atoms with Gasteiger partial charge in [0.05, 0.1) is 6.04 Å². The summed E-state index contributed by atoms with van der Waals surface area (Å²) < 4.78 is 18.1. The van der Waals surface area contributed by atoms with E-state index in [0.29, 0.717) is 12.8 Å². The van der Waals surface area contributed by atoms with Gasteiger partial charge < -0.3 is 9.84 Å². The Balaban J connectivity index is 1.60. The number of rotatable bonds is 6. The monoisotopic (exact) mass is 352 g/mol. The van der Waals surface area contributed by atoms with E-state index in [-0.39, 0.29) is 17.8 Å². The fourth-order valence-corrected chi connectivity index (χ4v) is 2.86. The molecule has 1 atom stereocenters. The van der Waals surface area contributed by atoms with E-state index < -0.39 is 0 Å². The maximum atomic E-state index is 13.0. The number of hydrogen-bond donors (Lipinski definition) is 1. The van der Waals surface area contributed by atoms with Crippen LogP contribution in [0, 0.1) is 12.7 Å². The van der Waals surface area contributed by atoms with Crippen molar-refractivity contribution in [1.82, 2.24) is 10.5 Å². The van der Waals surface area contributed by atoms with E-state index in [1.807, 2.05) is 38.1 Å². The molecule has 0 spiro atoms. The van der Waals surface area contributed by atoms with E-state index in [2.05, 4.69) is 10.5 Å². The predicted octanol–water partition coefficient (Wildman–Crippen LogP) is 4.60. The number of amides is 1. The summed E-state index contributed by atoms with van der Waals surface area (Å²) in [5.41, 5.74) is 4.66. The molecule has 3 rings (SSSR count). The van der Waals surface area contributed by atoms with Crippen LogP contribution in [0.3, 0.4) is 0 Å². The smallest absolute Gasteiger partial charge is 0.220 e. The highest BCUT2D eigenvalue weighted by atomic mass is 19.1. The second-order valence-electron chi connectivity index (χ2n) is 6.40. The molecular weight excluding hydrogens is 331 g/mol. The lowest BCUT2D eigenvalue weighted by atomic mass is 10.0. The van der Waals surface area contributed by atoms with E-state index in [1.54, 1.807) is 18.4 Å². The average Bonchev–Trinajstić information content (AvgIpc) is 3.09. The van der Waals surface area contributed by atoms with Gasteiger partial charge in [-0.05, 0) is 44.0 Å². The normalized spacial score (nSPS) is 12.0. The second kappa shape index (κ2) is 7.95. The van der Waals surface area contributed by atoms with Crippen molar-refractivity contribution >= 4 is 5.91 Å². The first-order valence-electron chi connectivity index (χ1n) is 8.58. The Bertz CT molecular complexity index is 887. The molecular formula is C21H21FN2O2. The summed E-state index contributed by atoms with van der Waals surface area (Å²) in [4.78, 5) is 12.3. The molecule has 0 fully saturated rings. The second-order valence-corrected chi connectivity index (χ2v) is 6.40. The van der Waals surface area contributed by atoms with E-state index in [1.165, 1.54) is 12.1 Å². The largest absolute Gasteiger partial charge is 0.364 e. The molecule has 0 aliphatic rings. The number of hydrogen-bond acceptors (Lipinski definition) is 3. The fourth-order valence-electron chi connectivity index (χ4n) is 2.86. The maximum absolute atomic E-state index is 13.0. The van der Waals surface area contributed by atoms with E-state index >= 15 is 0 Å².